The molecular formula is C11H13O. The summed E-state index contributed by atoms with van der Waals surface area (Å²) >= 11 is 0. The van der Waals surface area contributed by atoms with Crippen LogP contribution in [0.25, 0.3) is 0 Å². The number of rotatable bonds is 5. The van der Waals surface area contributed by atoms with Gasteiger partial charge in [-0.05, 0) is 31.0 Å². The molecule has 0 aliphatic carbocycles. The van der Waals surface area contributed by atoms with Gasteiger partial charge in [-0.15, -0.1) is 6.58 Å². The monoisotopic (exact) mass is 161 g/mol. The molecule has 0 N–H and O–H groups in total. The van der Waals surface area contributed by atoms with Crippen LogP contribution >= 0.6 is 0 Å². The molecule has 63 valence electrons. The van der Waals surface area contributed by atoms with Crippen LogP contribution in [0.1, 0.15) is 12.8 Å². The van der Waals surface area contributed by atoms with Crippen LogP contribution in [0.3, 0.4) is 0 Å². The van der Waals surface area contributed by atoms with Crippen molar-refractivity contribution in [3.8, 4) is 5.75 Å². The third-order valence-corrected chi connectivity index (χ3v) is 1.50. The Hall–Kier alpha value is -1.24. The lowest BCUT2D eigenvalue weighted by Crippen LogP contribution is -1.95. The van der Waals surface area contributed by atoms with Crippen LogP contribution < -0.4 is 4.74 Å². The first-order valence-corrected chi connectivity index (χ1v) is 4.13. The predicted octanol–water partition coefficient (Wildman–Crippen LogP) is 2.83. The van der Waals surface area contributed by atoms with E-state index in [1.54, 1.807) is 0 Å². The standard InChI is InChI=1S/C11H13O/c1-2-3-7-10-12-11-8-5-4-6-9-11/h2,4-5,8-9H,1,3,7,10H2. The van der Waals surface area contributed by atoms with Crippen molar-refractivity contribution in [1.29, 1.82) is 0 Å². The quantitative estimate of drug-likeness (QED) is 0.476. The van der Waals surface area contributed by atoms with Gasteiger partial charge in [0.25, 0.3) is 0 Å². The molecule has 12 heavy (non-hydrogen) atoms. The van der Waals surface area contributed by atoms with Crippen LogP contribution in [0, 0.1) is 6.07 Å². The minimum absolute atomic E-state index is 0.754. The van der Waals surface area contributed by atoms with Crippen molar-refractivity contribution in [2.45, 2.75) is 12.8 Å². The van der Waals surface area contributed by atoms with Gasteiger partial charge in [0.2, 0.25) is 0 Å². The lowest BCUT2D eigenvalue weighted by Gasteiger charge is -2.03. The summed E-state index contributed by atoms with van der Waals surface area (Å²) in [6.45, 7) is 4.40. The van der Waals surface area contributed by atoms with Crippen molar-refractivity contribution in [2.24, 2.45) is 0 Å². The lowest BCUT2D eigenvalue weighted by atomic mass is 10.3. The van der Waals surface area contributed by atoms with Gasteiger partial charge >= 0.3 is 0 Å². The van der Waals surface area contributed by atoms with E-state index in [4.69, 9.17) is 4.74 Å². The van der Waals surface area contributed by atoms with Crippen LogP contribution in [0.4, 0.5) is 0 Å². The summed E-state index contributed by atoms with van der Waals surface area (Å²) in [5.41, 5.74) is 0. The van der Waals surface area contributed by atoms with E-state index in [-0.39, 0.29) is 0 Å². The van der Waals surface area contributed by atoms with Crippen molar-refractivity contribution in [2.75, 3.05) is 6.61 Å². The molecule has 0 heterocycles. The molecule has 1 nitrogen and oxygen atoms in total. The Kier molecular flexibility index (Phi) is 4.00. The van der Waals surface area contributed by atoms with Gasteiger partial charge in [-0.3, -0.25) is 0 Å². The van der Waals surface area contributed by atoms with Gasteiger partial charge in [0.05, 0.1) is 6.61 Å². The highest BCUT2D eigenvalue weighted by molar-refractivity contribution is 5.19. The van der Waals surface area contributed by atoms with Gasteiger partial charge < -0.3 is 4.74 Å². The summed E-state index contributed by atoms with van der Waals surface area (Å²) in [6, 6.07) is 10.5. The molecule has 1 radical (unpaired) electrons. The summed E-state index contributed by atoms with van der Waals surface area (Å²) < 4.78 is 5.43. The first-order chi connectivity index (χ1) is 5.93. The second kappa shape index (κ2) is 5.42. The van der Waals surface area contributed by atoms with Gasteiger partial charge in [-0.25, -0.2) is 0 Å². The summed E-state index contributed by atoms with van der Waals surface area (Å²) in [5.74, 6) is 0.890. The van der Waals surface area contributed by atoms with Crippen molar-refractivity contribution >= 4 is 0 Å². The van der Waals surface area contributed by atoms with E-state index >= 15 is 0 Å². The molecule has 1 aromatic rings. The second-order valence-corrected chi connectivity index (χ2v) is 2.52. The molecule has 1 aromatic carbocycles. The topological polar surface area (TPSA) is 9.23 Å². The van der Waals surface area contributed by atoms with Crippen molar-refractivity contribution < 1.29 is 4.74 Å². The molecule has 1 rings (SSSR count). The summed E-state index contributed by atoms with van der Waals surface area (Å²) in [6.07, 6.45) is 3.94. The Balaban J connectivity index is 2.20. The zero-order valence-electron chi connectivity index (χ0n) is 7.12. The molecule has 1 heteroatoms. The van der Waals surface area contributed by atoms with Crippen LogP contribution in [0.2, 0.25) is 0 Å². The number of hydrogen-bond acceptors (Lipinski definition) is 1. The lowest BCUT2D eigenvalue weighted by molar-refractivity contribution is 0.312. The maximum Gasteiger partial charge on any atom is 0.119 e. The van der Waals surface area contributed by atoms with Gasteiger partial charge in [0.15, 0.2) is 0 Å². The Morgan fingerprint density at radius 3 is 3.17 bits per heavy atom. The highest BCUT2D eigenvalue weighted by Gasteiger charge is 1.89. The highest BCUT2D eigenvalue weighted by Crippen LogP contribution is 2.08. The van der Waals surface area contributed by atoms with E-state index in [2.05, 4.69) is 12.6 Å². The number of ether oxygens (including phenoxy) is 1. The molecule has 0 bridgehead atoms. The Morgan fingerprint density at radius 1 is 1.58 bits per heavy atom. The van der Waals surface area contributed by atoms with Gasteiger partial charge in [-0.2, -0.15) is 0 Å². The van der Waals surface area contributed by atoms with Crippen molar-refractivity contribution in [3.05, 3.63) is 43.0 Å². The Morgan fingerprint density at radius 2 is 2.50 bits per heavy atom. The van der Waals surface area contributed by atoms with Crippen LogP contribution in [-0.4, -0.2) is 6.61 Å². The third kappa shape index (κ3) is 3.24. The Labute approximate surface area is 73.7 Å². The van der Waals surface area contributed by atoms with E-state index in [1.807, 2.05) is 30.3 Å². The predicted molar refractivity (Wildman–Crippen MR) is 50.2 cm³/mol. The van der Waals surface area contributed by atoms with Crippen molar-refractivity contribution in [1.82, 2.24) is 0 Å². The van der Waals surface area contributed by atoms with Gasteiger partial charge in [-0.1, -0.05) is 18.2 Å². The van der Waals surface area contributed by atoms with E-state index < -0.39 is 0 Å². The normalized spacial score (nSPS) is 9.33. The van der Waals surface area contributed by atoms with Gasteiger partial charge in [0.1, 0.15) is 5.75 Å². The first-order valence-electron chi connectivity index (χ1n) is 4.13. The molecule has 0 aromatic heterocycles. The molecule has 0 aliphatic heterocycles. The average Bonchev–Trinajstić information content (AvgIpc) is 2.14. The van der Waals surface area contributed by atoms with Crippen LogP contribution in [0.5, 0.6) is 5.75 Å². The fourth-order valence-electron chi connectivity index (χ4n) is 0.884. The smallest absolute Gasteiger partial charge is 0.119 e. The SMILES string of the molecule is C=CCCCOc1c[c]ccc1. The van der Waals surface area contributed by atoms with E-state index in [0.717, 1.165) is 25.2 Å². The molecule has 0 amide bonds. The van der Waals surface area contributed by atoms with E-state index in [1.165, 1.54) is 0 Å². The van der Waals surface area contributed by atoms with E-state index in [0.29, 0.717) is 0 Å². The minimum atomic E-state index is 0.754. The zero-order chi connectivity index (χ0) is 8.65. The maximum absolute atomic E-state index is 5.43. The fourth-order valence-corrected chi connectivity index (χ4v) is 0.884. The maximum atomic E-state index is 5.43. The molecule has 0 spiro atoms. The van der Waals surface area contributed by atoms with Gasteiger partial charge in [0, 0.05) is 0 Å². The van der Waals surface area contributed by atoms with Crippen LogP contribution in [-0.2, 0) is 0 Å². The molecule has 0 saturated heterocycles. The third-order valence-electron chi connectivity index (χ3n) is 1.50. The zero-order valence-corrected chi connectivity index (χ0v) is 7.12. The van der Waals surface area contributed by atoms with Crippen LogP contribution in [0.15, 0.2) is 36.9 Å². The molecular weight excluding hydrogens is 148 g/mol. The molecule has 0 unspecified atom stereocenters. The number of unbranched alkanes of at least 4 members (excludes halogenated alkanes) is 1. The molecule has 0 fully saturated rings. The highest BCUT2D eigenvalue weighted by atomic mass is 16.5. The number of hydrogen-bond donors (Lipinski definition) is 0. The minimum Gasteiger partial charge on any atom is -0.494 e. The second-order valence-electron chi connectivity index (χ2n) is 2.52. The first kappa shape index (κ1) is 8.85. The number of benzene rings is 1. The summed E-state index contributed by atoms with van der Waals surface area (Å²) in [4.78, 5) is 0. The van der Waals surface area contributed by atoms with E-state index in [9.17, 15) is 0 Å². The molecule has 0 aliphatic rings. The molecule has 0 atom stereocenters. The summed E-state index contributed by atoms with van der Waals surface area (Å²) in [5, 5.41) is 0. The average molecular weight is 161 g/mol. The molecule has 0 saturated carbocycles. The number of allylic oxidation sites excluding steroid dienone is 1. The fraction of sp³-hybridized carbons (Fsp3) is 0.273. The summed E-state index contributed by atoms with van der Waals surface area (Å²) in [7, 11) is 0. The Bertz CT molecular complexity index is 216. The van der Waals surface area contributed by atoms with Crippen molar-refractivity contribution in [3.63, 3.8) is 0 Å². The largest absolute Gasteiger partial charge is 0.494 e.